The quantitative estimate of drug-likeness (QED) is 0.850. The van der Waals surface area contributed by atoms with E-state index in [4.69, 9.17) is 0 Å². The zero-order valence-electron chi connectivity index (χ0n) is 10.3. The number of hydrogen-bond acceptors (Lipinski definition) is 3. The summed E-state index contributed by atoms with van der Waals surface area (Å²) < 4.78 is 36.7. The highest BCUT2D eigenvalue weighted by atomic mass is 32.1. The first-order valence-corrected chi connectivity index (χ1v) is 6.91. The van der Waals surface area contributed by atoms with Crippen molar-refractivity contribution in [3.8, 4) is 0 Å². The fourth-order valence-electron chi connectivity index (χ4n) is 2.08. The van der Waals surface area contributed by atoms with E-state index in [1.54, 1.807) is 4.90 Å². The van der Waals surface area contributed by atoms with Gasteiger partial charge < -0.3 is 4.90 Å². The zero-order valence-corrected chi connectivity index (χ0v) is 11.1. The number of halogens is 3. The van der Waals surface area contributed by atoms with Crippen molar-refractivity contribution in [2.24, 2.45) is 0 Å². The molecule has 19 heavy (non-hydrogen) atoms. The van der Waals surface area contributed by atoms with E-state index in [1.807, 2.05) is 17.5 Å². The van der Waals surface area contributed by atoms with Gasteiger partial charge in [0.1, 0.15) is 0 Å². The number of amides is 1. The highest BCUT2D eigenvalue weighted by Crippen LogP contribution is 2.18. The van der Waals surface area contributed by atoms with E-state index < -0.39 is 12.7 Å². The number of piperazine rings is 1. The van der Waals surface area contributed by atoms with Crippen LogP contribution in [0.15, 0.2) is 17.5 Å². The summed E-state index contributed by atoms with van der Waals surface area (Å²) in [6.45, 7) is 0.436. The van der Waals surface area contributed by atoms with Crippen LogP contribution in [0, 0.1) is 0 Å². The molecule has 0 aromatic carbocycles. The van der Waals surface area contributed by atoms with Gasteiger partial charge in [-0.05, 0) is 11.4 Å². The molecule has 0 saturated carbocycles. The minimum absolute atomic E-state index is 0.00545. The maximum atomic E-state index is 12.2. The van der Waals surface area contributed by atoms with E-state index in [9.17, 15) is 18.0 Å². The molecular formula is C12H15F3N2OS. The third-order valence-electron chi connectivity index (χ3n) is 3.03. The molecule has 0 N–H and O–H groups in total. The van der Waals surface area contributed by atoms with E-state index in [0.29, 0.717) is 19.5 Å². The maximum absolute atomic E-state index is 12.2. The van der Waals surface area contributed by atoms with Crippen LogP contribution < -0.4 is 0 Å². The van der Waals surface area contributed by atoms with E-state index in [-0.39, 0.29) is 19.0 Å². The van der Waals surface area contributed by atoms with Crippen LogP contribution in [0.3, 0.4) is 0 Å². The van der Waals surface area contributed by atoms with Crippen LogP contribution in [0.1, 0.15) is 4.88 Å². The van der Waals surface area contributed by atoms with Crippen LogP contribution >= 0.6 is 11.3 Å². The molecule has 7 heteroatoms. The lowest BCUT2D eigenvalue weighted by molar-refractivity contribution is -0.151. The Morgan fingerprint density at radius 1 is 1.26 bits per heavy atom. The largest absolute Gasteiger partial charge is 0.401 e. The highest BCUT2D eigenvalue weighted by molar-refractivity contribution is 7.10. The second-order valence-corrected chi connectivity index (χ2v) is 5.56. The minimum Gasteiger partial charge on any atom is -0.340 e. The van der Waals surface area contributed by atoms with Gasteiger partial charge in [-0.3, -0.25) is 9.69 Å². The maximum Gasteiger partial charge on any atom is 0.401 e. The van der Waals surface area contributed by atoms with Gasteiger partial charge in [-0.15, -0.1) is 11.3 Å². The molecule has 0 aliphatic carbocycles. The van der Waals surface area contributed by atoms with E-state index in [2.05, 4.69) is 0 Å². The first-order chi connectivity index (χ1) is 8.94. The van der Waals surface area contributed by atoms with Crippen molar-refractivity contribution in [1.29, 1.82) is 0 Å². The topological polar surface area (TPSA) is 23.6 Å². The summed E-state index contributed by atoms with van der Waals surface area (Å²) in [6, 6.07) is 3.77. The van der Waals surface area contributed by atoms with Gasteiger partial charge in [-0.1, -0.05) is 6.07 Å². The second kappa shape index (κ2) is 5.92. The smallest absolute Gasteiger partial charge is 0.340 e. The second-order valence-electron chi connectivity index (χ2n) is 4.53. The van der Waals surface area contributed by atoms with Gasteiger partial charge in [0.15, 0.2) is 0 Å². The fraction of sp³-hybridized carbons (Fsp3) is 0.583. The van der Waals surface area contributed by atoms with Crippen molar-refractivity contribution < 1.29 is 18.0 Å². The molecule has 1 amide bonds. The van der Waals surface area contributed by atoms with Crippen LogP contribution in [0.5, 0.6) is 0 Å². The van der Waals surface area contributed by atoms with Gasteiger partial charge in [-0.25, -0.2) is 0 Å². The summed E-state index contributed by atoms with van der Waals surface area (Å²) >= 11 is 1.52. The summed E-state index contributed by atoms with van der Waals surface area (Å²) in [6.07, 6.45) is -3.82. The highest BCUT2D eigenvalue weighted by Gasteiger charge is 2.32. The molecule has 1 aliphatic rings. The average Bonchev–Trinajstić information content (AvgIpc) is 2.80. The molecule has 2 rings (SSSR count). The van der Waals surface area contributed by atoms with Crippen molar-refractivity contribution in [2.75, 3.05) is 32.7 Å². The minimum atomic E-state index is -4.16. The Kier molecular flexibility index (Phi) is 4.46. The summed E-state index contributed by atoms with van der Waals surface area (Å²) in [5.41, 5.74) is 0. The monoisotopic (exact) mass is 292 g/mol. The van der Waals surface area contributed by atoms with Crippen molar-refractivity contribution >= 4 is 17.2 Å². The Morgan fingerprint density at radius 3 is 2.47 bits per heavy atom. The van der Waals surface area contributed by atoms with Crippen LogP contribution in [0.4, 0.5) is 13.2 Å². The van der Waals surface area contributed by atoms with Crippen LogP contribution in [-0.4, -0.2) is 54.6 Å². The molecule has 1 aromatic heterocycles. The molecule has 0 bridgehead atoms. The Morgan fingerprint density at radius 2 is 1.95 bits per heavy atom. The summed E-state index contributed by atoms with van der Waals surface area (Å²) in [5.74, 6) is -0.00545. The van der Waals surface area contributed by atoms with Gasteiger partial charge in [0.25, 0.3) is 0 Å². The average molecular weight is 292 g/mol. The Labute approximate surface area is 113 Å². The lowest BCUT2D eigenvalue weighted by atomic mass is 10.2. The third kappa shape index (κ3) is 4.50. The summed E-state index contributed by atoms with van der Waals surface area (Å²) in [5, 5.41) is 1.91. The van der Waals surface area contributed by atoms with Gasteiger partial charge in [-0.2, -0.15) is 13.2 Å². The number of thiophene rings is 1. The SMILES string of the molecule is O=C(Cc1cccs1)N1CCN(CC(F)(F)F)CC1. The van der Waals surface area contributed by atoms with E-state index >= 15 is 0 Å². The molecule has 0 radical (unpaired) electrons. The zero-order chi connectivity index (χ0) is 13.9. The molecule has 0 spiro atoms. The van der Waals surface area contributed by atoms with Crippen molar-refractivity contribution in [3.05, 3.63) is 22.4 Å². The summed E-state index contributed by atoms with van der Waals surface area (Å²) in [7, 11) is 0. The van der Waals surface area contributed by atoms with Crippen LogP contribution in [-0.2, 0) is 11.2 Å². The van der Waals surface area contributed by atoms with E-state index in [0.717, 1.165) is 4.88 Å². The van der Waals surface area contributed by atoms with Crippen LogP contribution in [0.25, 0.3) is 0 Å². The Hall–Kier alpha value is -1.08. The molecule has 0 atom stereocenters. The van der Waals surface area contributed by atoms with Gasteiger partial charge in [0, 0.05) is 31.1 Å². The summed E-state index contributed by atoms with van der Waals surface area (Å²) in [4.78, 5) is 15.9. The van der Waals surface area contributed by atoms with Crippen molar-refractivity contribution in [2.45, 2.75) is 12.6 Å². The molecule has 3 nitrogen and oxygen atoms in total. The van der Waals surface area contributed by atoms with Crippen molar-refractivity contribution in [1.82, 2.24) is 9.80 Å². The van der Waals surface area contributed by atoms with Gasteiger partial charge in [0.05, 0.1) is 13.0 Å². The number of hydrogen-bond donors (Lipinski definition) is 0. The number of alkyl halides is 3. The standard InChI is InChI=1S/C12H15F3N2OS/c13-12(14,15)9-16-3-5-17(6-4-16)11(18)8-10-2-1-7-19-10/h1-2,7H,3-6,8-9H2. The van der Waals surface area contributed by atoms with Gasteiger partial charge in [0.2, 0.25) is 5.91 Å². The normalized spacial score (nSPS) is 17.7. The number of rotatable bonds is 3. The Balaban J connectivity index is 1.78. The molecule has 0 unspecified atom stereocenters. The first kappa shape index (κ1) is 14.3. The molecule has 1 saturated heterocycles. The predicted octanol–water partition coefficient (Wildman–Crippen LogP) is 2.00. The lowest BCUT2D eigenvalue weighted by Gasteiger charge is -2.35. The van der Waals surface area contributed by atoms with Crippen LogP contribution in [0.2, 0.25) is 0 Å². The van der Waals surface area contributed by atoms with Gasteiger partial charge >= 0.3 is 6.18 Å². The molecule has 1 fully saturated rings. The molecule has 2 heterocycles. The fourth-order valence-corrected chi connectivity index (χ4v) is 2.78. The predicted molar refractivity (Wildman–Crippen MR) is 67.1 cm³/mol. The first-order valence-electron chi connectivity index (χ1n) is 6.03. The molecule has 1 aromatic rings. The molecule has 1 aliphatic heterocycles. The number of carbonyl (C=O) groups excluding carboxylic acids is 1. The van der Waals surface area contributed by atoms with E-state index in [1.165, 1.54) is 16.2 Å². The molecular weight excluding hydrogens is 277 g/mol. The number of carbonyl (C=O) groups is 1. The lowest BCUT2D eigenvalue weighted by Crippen LogP contribution is -2.51. The van der Waals surface area contributed by atoms with Crippen molar-refractivity contribution in [3.63, 3.8) is 0 Å². The Bertz CT molecular complexity index is 411. The number of nitrogens with zero attached hydrogens (tertiary/aromatic N) is 2. The third-order valence-corrected chi connectivity index (χ3v) is 3.91. The molecule has 106 valence electrons.